The van der Waals surface area contributed by atoms with E-state index in [1.807, 2.05) is 24.3 Å². The maximum absolute atomic E-state index is 5.99. The molecule has 3 aromatic rings. The summed E-state index contributed by atoms with van der Waals surface area (Å²) in [7, 11) is 0. The minimum atomic E-state index is 0.741. The van der Waals surface area contributed by atoms with Crippen LogP contribution in [-0.4, -0.2) is 41.2 Å². The molecule has 0 unspecified atom stereocenters. The maximum Gasteiger partial charge on any atom is 0.185 e. The van der Waals surface area contributed by atoms with Crippen LogP contribution in [0, 0.1) is 13.8 Å². The third-order valence-corrected chi connectivity index (χ3v) is 6.61. The molecule has 0 bridgehead atoms. The minimum Gasteiger partial charge on any atom is -0.345 e. The van der Waals surface area contributed by atoms with Gasteiger partial charge in [0, 0.05) is 47.8 Å². The van der Waals surface area contributed by atoms with Crippen LogP contribution < -0.4 is 10.2 Å². The van der Waals surface area contributed by atoms with Gasteiger partial charge >= 0.3 is 0 Å². The number of piperazine rings is 1. The third-order valence-electron chi connectivity index (χ3n) is 5.09. The van der Waals surface area contributed by atoms with Gasteiger partial charge in [0.25, 0.3) is 0 Å². The molecule has 0 saturated carbocycles. The summed E-state index contributed by atoms with van der Waals surface area (Å²) in [6, 6.07) is 14.2. The Bertz CT molecular complexity index is 1010. The summed E-state index contributed by atoms with van der Waals surface area (Å²) < 4.78 is 0. The van der Waals surface area contributed by atoms with Crippen molar-refractivity contribution in [3.8, 4) is 11.3 Å². The molecule has 0 amide bonds. The molecule has 7 heteroatoms. The molecule has 1 fully saturated rings. The van der Waals surface area contributed by atoms with Gasteiger partial charge in [-0.3, -0.25) is 0 Å². The van der Waals surface area contributed by atoms with Gasteiger partial charge in [-0.25, -0.2) is 4.98 Å². The molecule has 0 atom stereocenters. The topological polar surface area (TPSA) is 31.4 Å². The van der Waals surface area contributed by atoms with Crippen molar-refractivity contribution in [2.45, 2.75) is 13.8 Å². The second-order valence-electron chi connectivity index (χ2n) is 7.24. The Morgan fingerprint density at radius 2 is 1.79 bits per heavy atom. The molecule has 1 aliphatic rings. The minimum absolute atomic E-state index is 0.741. The molecule has 1 saturated heterocycles. The van der Waals surface area contributed by atoms with E-state index in [1.165, 1.54) is 11.1 Å². The van der Waals surface area contributed by atoms with Gasteiger partial charge in [-0.05, 0) is 49.8 Å². The highest BCUT2D eigenvalue weighted by Crippen LogP contribution is 2.29. The van der Waals surface area contributed by atoms with E-state index in [4.69, 9.17) is 28.8 Å². The van der Waals surface area contributed by atoms with Crippen LogP contribution >= 0.6 is 35.2 Å². The fraction of sp³-hybridized carbons (Fsp3) is 0.273. The Morgan fingerprint density at radius 1 is 1.07 bits per heavy atom. The monoisotopic (exact) mass is 442 g/mol. The fourth-order valence-electron chi connectivity index (χ4n) is 3.41. The van der Waals surface area contributed by atoms with Crippen molar-refractivity contribution in [3.63, 3.8) is 0 Å². The standard InChI is InChI=1S/C22H23ClN4S2/c1-15-3-8-19(16(2)13-15)24-21(28)26-9-11-27(12-10-26)22-25-20(14-29-22)17-4-6-18(23)7-5-17/h3-8,13-14H,9-12H2,1-2H3,(H,24,28). The second kappa shape index (κ2) is 8.69. The predicted molar refractivity (Wildman–Crippen MR) is 128 cm³/mol. The quantitative estimate of drug-likeness (QED) is 0.533. The van der Waals surface area contributed by atoms with Gasteiger partial charge in [-0.2, -0.15) is 0 Å². The summed E-state index contributed by atoms with van der Waals surface area (Å²) in [5.74, 6) is 0. The zero-order valence-electron chi connectivity index (χ0n) is 16.5. The van der Waals surface area contributed by atoms with Gasteiger partial charge in [0.1, 0.15) is 0 Å². The number of nitrogens with one attached hydrogen (secondary N) is 1. The molecule has 29 heavy (non-hydrogen) atoms. The number of aromatic nitrogens is 1. The Morgan fingerprint density at radius 3 is 2.48 bits per heavy atom. The van der Waals surface area contributed by atoms with E-state index >= 15 is 0 Å². The molecule has 4 rings (SSSR count). The Labute approximate surface area is 186 Å². The SMILES string of the molecule is Cc1ccc(NC(=S)N2CCN(c3nc(-c4ccc(Cl)cc4)cs3)CC2)c(C)c1. The van der Waals surface area contributed by atoms with E-state index in [-0.39, 0.29) is 0 Å². The summed E-state index contributed by atoms with van der Waals surface area (Å²) in [5, 5.41) is 8.10. The normalized spacial score (nSPS) is 14.2. The number of thiocarbonyl (C=S) groups is 1. The highest BCUT2D eigenvalue weighted by Gasteiger charge is 2.21. The lowest BCUT2D eigenvalue weighted by atomic mass is 10.1. The van der Waals surface area contributed by atoms with Gasteiger partial charge in [-0.15, -0.1) is 11.3 Å². The van der Waals surface area contributed by atoms with Crippen LogP contribution in [0.4, 0.5) is 10.8 Å². The first kappa shape index (κ1) is 20.1. The van der Waals surface area contributed by atoms with E-state index in [2.05, 4.69) is 52.5 Å². The first-order valence-corrected chi connectivity index (χ1v) is 11.3. The molecule has 1 aliphatic heterocycles. The van der Waals surface area contributed by atoms with Crippen molar-refractivity contribution in [2.75, 3.05) is 36.4 Å². The largest absolute Gasteiger partial charge is 0.345 e. The van der Waals surface area contributed by atoms with Gasteiger partial charge < -0.3 is 15.1 Å². The summed E-state index contributed by atoms with van der Waals surface area (Å²) >= 11 is 13.3. The van der Waals surface area contributed by atoms with Crippen molar-refractivity contribution >= 4 is 51.1 Å². The Balaban J connectivity index is 1.35. The van der Waals surface area contributed by atoms with E-state index in [0.717, 1.165) is 58.4 Å². The zero-order valence-corrected chi connectivity index (χ0v) is 18.9. The zero-order chi connectivity index (χ0) is 20.4. The first-order valence-electron chi connectivity index (χ1n) is 9.59. The summed E-state index contributed by atoms with van der Waals surface area (Å²) in [5.41, 5.74) is 5.64. The van der Waals surface area contributed by atoms with Crippen molar-refractivity contribution in [1.82, 2.24) is 9.88 Å². The molecule has 0 aliphatic carbocycles. The van der Waals surface area contributed by atoms with E-state index < -0.39 is 0 Å². The molecule has 2 heterocycles. The lowest BCUT2D eigenvalue weighted by molar-refractivity contribution is 0.390. The van der Waals surface area contributed by atoms with Crippen LogP contribution in [0.3, 0.4) is 0 Å². The van der Waals surface area contributed by atoms with Crippen LogP contribution in [0.2, 0.25) is 5.02 Å². The van der Waals surface area contributed by atoms with Crippen LogP contribution in [0.15, 0.2) is 47.8 Å². The maximum atomic E-state index is 5.99. The molecule has 0 spiro atoms. The molecular weight excluding hydrogens is 420 g/mol. The first-order chi connectivity index (χ1) is 14.0. The van der Waals surface area contributed by atoms with Crippen molar-refractivity contribution in [2.24, 2.45) is 0 Å². The number of anilines is 2. The number of hydrogen-bond acceptors (Lipinski definition) is 4. The number of nitrogens with zero attached hydrogens (tertiary/aromatic N) is 3. The Kier molecular flexibility index (Phi) is 6.04. The Hall–Kier alpha value is -2.15. The van der Waals surface area contributed by atoms with Gasteiger partial charge in [0.2, 0.25) is 0 Å². The molecule has 0 radical (unpaired) electrons. The van der Waals surface area contributed by atoms with Crippen LogP contribution in [0.5, 0.6) is 0 Å². The van der Waals surface area contributed by atoms with Crippen LogP contribution in [-0.2, 0) is 0 Å². The molecular formula is C22H23ClN4S2. The summed E-state index contributed by atoms with van der Waals surface area (Å²) in [6.45, 7) is 7.78. The number of hydrogen-bond donors (Lipinski definition) is 1. The number of thiazole rings is 1. The fourth-order valence-corrected chi connectivity index (χ4v) is 4.72. The van der Waals surface area contributed by atoms with Crippen LogP contribution in [0.1, 0.15) is 11.1 Å². The number of rotatable bonds is 3. The summed E-state index contributed by atoms with van der Waals surface area (Å²) in [4.78, 5) is 9.39. The van der Waals surface area contributed by atoms with Crippen molar-refractivity contribution in [1.29, 1.82) is 0 Å². The van der Waals surface area contributed by atoms with E-state index in [1.54, 1.807) is 11.3 Å². The summed E-state index contributed by atoms with van der Waals surface area (Å²) in [6.07, 6.45) is 0. The number of aryl methyl sites for hydroxylation is 2. The lowest BCUT2D eigenvalue weighted by Crippen LogP contribution is -2.50. The average Bonchev–Trinajstić information content (AvgIpc) is 3.21. The third kappa shape index (κ3) is 4.71. The van der Waals surface area contributed by atoms with Crippen molar-refractivity contribution < 1.29 is 0 Å². The molecule has 4 nitrogen and oxygen atoms in total. The molecule has 2 aromatic carbocycles. The lowest BCUT2D eigenvalue weighted by Gasteiger charge is -2.36. The smallest absolute Gasteiger partial charge is 0.185 e. The average molecular weight is 443 g/mol. The van der Waals surface area contributed by atoms with E-state index in [0.29, 0.717) is 0 Å². The predicted octanol–water partition coefficient (Wildman–Crippen LogP) is 5.60. The van der Waals surface area contributed by atoms with Crippen molar-refractivity contribution in [3.05, 3.63) is 64.0 Å². The van der Waals surface area contributed by atoms with Gasteiger partial charge in [-0.1, -0.05) is 41.4 Å². The van der Waals surface area contributed by atoms with E-state index in [9.17, 15) is 0 Å². The number of benzene rings is 2. The molecule has 1 N–H and O–H groups in total. The molecule has 1 aromatic heterocycles. The highest BCUT2D eigenvalue weighted by molar-refractivity contribution is 7.80. The van der Waals surface area contributed by atoms with Crippen LogP contribution in [0.25, 0.3) is 11.3 Å². The number of halogens is 1. The second-order valence-corrected chi connectivity index (χ2v) is 8.90. The molecule has 150 valence electrons. The van der Waals surface area contributed by atoms with Gasteiger partial charge in [0.15, 0.2) is 10.2 Å². The highest BCUT2D eigenvalue weighted by atomic mass is 35.5. The van der Waals surface area contributed by atoms with Gasteiger partial charge in [0.05, 0.1) is 5.69 Å².